The van der Waals surface area contributed by atoms with Crippen molar-refractivity contribution in [2.45, 2.75) is 44.6 Å². The van der Waals surface area contributed by atoms with E-state index in [1.807, 2.05) is 0 Å². The second-order valence-electron chi connectivity index (χ2n) is 5.33. The van der Waals surface area contributed by atoms with E-state index in [1.54, 1.807) is 0 Å². The fourth-order valence-corrected chi connectivity index (χ4v) is 3.13. The zero-order valence-electron chi connectivity index (χ0n) is 10.6. The minimum atomic E-state index is -0.651. The summed E-state index contributed by atoms with van der Waals surface area (Å²) in [6.07, 6.45) is 6.45. The predicted molar refractivity (Wildman–Crippen MR) is 67.1 cm³/mol. The van der Waals surface area contributed by atoms with Crippen LogP contribution in [-0.4, -0.2) is 59.6 Å². The summed E-state index contributed by atoms with van der Waals surface area (Å²) < 4.78 is 0. The number of carbonyl (C=O) groups is 1. The minimum Gasteiger partial charge on any atom is -0.481 e. The molecule has 2 saturated heterocycles. The summed E-state index contributed by atoms with van der Waals surface area (Å²) in [6.45, 7) is 5.89. The second kappa shape index (κ2) is 6.36. The molecule has 2 rings (SSSR count). The standard InChI is InChI=1S/C13H24N2O2/c16-13(17)11-12-5-3-9-15(12)10-4-8-14-6-1-2-7-14/h12H,1-11H2,(H,16,17). The van der Waals surface area contributed by atoms with Crippen molar-refractivity contribution >= 4 is 5.97 Å². The Kier molecular flexibility index (Phi) is 4.80. The van der Waals surface area contributed by atoms with Gasteiger partial charge in [-0.25, -0.2) is 0 Å². The van der Waals surface area contributed by atoms with E-state index in [0.29, 0.717) is 12.5 Å². The quantitative estimate of drug-likeness (QED) is 0.762. The summed E-state index contributed by atoms with van der Waals surface area (Å²) in [5, 5.41) is 8.85. The topological polar surface area (TPSA) is 43.8 Å². The highest BCUT2D eigenvalue weighted by molar-refractivity contribution is 5.67. The Balaban J connectivity index is 1.64. The highest BCUT2D eigenvalue weighted by Crippen LogP contribution is 2.20. The van der Waals surface area contributed by atoms with Crippen molar-refractivity contribution in [3.05, 3.63) is 0 Å². The molecule has 0 aliphatic carbocycles. The normalized spacial score (nSPS) is 26.7. The molecule has 2 aliphatic rings. The van der Waals surface area contributed by atoms with Gasteiger partial charge in [-0.05, 0) is 64.8 Å². The van der Waals surface area contributed by atoms with Gasteiger partial charge in [-0.2, -0.15) is 0 Å². The van der Waals surface area contributed by atoms with Crippen LogP contribution >= 0.6 is 0 Å². The molecule has 4 nitrogen and oxygen atoms in total. The Morgan fingerprint density at radius 1 is 1.12 bits per heavy atom. The summed E-state index contributed by atoms with van der Waals surface area (Å²) in [4.78, 5) is 15.7. The van der Waals surface area contributed by atoms with Gasteiger partial charge >= 0.3 is 5.97 Å². The second-order valence-corrected chi connectivity index (χ2v) is 5.33. The molecule has 4 heteroatoms. The highest BCUT2D eigenvalue weighted by atomic mass is 16.4. The molecule has 2 fully saturated rings. The van der Waals surface area contributed by atoms with Crippen LogP contribution in [0.15, 0.2) is 0 Å². The summed E-state index contributed by atoms with van der Waals surface area (Å²) in [6, 6.07) is 0.297. The average molecular weight is 240 g/mol. The van der Waals surface area contributed by atoms with Gasteiger partial charge in [0.1, 0.15) is 0 Å². The van der Waals surface area contributed by atoms with Crippen LogP contribution in [0.25, 0.3) is 0 Å². The lowest BCUT2D eigenvalue weighted by Crippen LogP contribution is -2.34. The Hall–Kier alpha value is -0.610. The number of nitrogens with zero attached hydrogens (tertiary/aromatic N) is 2. The molecule has 2 aliphatic heterocycles. The van der Waals surface area contributed by atoms with Crippen molar-refractivity contribution in [3.63, 3.8) is 0 Å². The fourth-order valence-electron chi connectivity index (χ4n) is 3.13. The number of carboxylic acid groups (broad SMARTS) is 1. The highest BCUT2D eigenvalue weighted by Gasteiger charge is 2.26. The summed E-state index contributed by atoms with van der Waals surface area (Å²) in [5.41, 5.74) is 0. The van der Waals surface area contributed by atoms with Gasteiger partial charge in [-0.1, -0.05) is 0 Å². The van der Waals surface area contributed by atoms with Gasteiger partial charge in [0.15, 0.2) is 0 Å². The average Bonchev–Trinajstić information content (AvgIpc) is 2.90. The third kappa shape index (κ3) is 3.96. The van der Waals surface area contributed by atoms with E-state index in [2.05, 4.69) is 9.80 Å². The largest absolute Gasteiger partial charge is 0.481 e. The van der Waals surface area contributed by atoms with Crippen molar-refractivity contribution in [3.8, 4) is 0 Å². The summed E-state index contributed by atoms with van der Waals surface area (Å²) >= 11 is 0. The maximum absolute atomic E-state index is 10.7. The van der Waals surface area contributed by atoms with Crippen LogP contribution in [0.1, 0.15) is 38.5 Å². The lowest BCUT2D eigenvalue weighted by Gasteiger charge is -2.24. The molecule has 0 aromatic carbocycles. The smallest absolute Gasteiger partial charge is 0.304 e. The molecule has 1 unspecified atom stereocenters. The van der Waals surface area contributed by atoms with E-state index in [4.69, 9.17) is 5.11 Å². The molecular formula is C13H24N2O2. The van der Waals surface area contributed by atoms with Crippen LogP contribution in [-0.2, 0) is 4.79 Å². The molecule has 2 heterocycles. The maximum atomic E-state index is 10.7. The molecule has 0 radical (unpaired) electrons. The Morgan fingerprint density at radius 2 is 1.88 bits per heavy atom. The van der Waals surface area contributed by atoms with Crippen molar-refractivity contribution in [2.24, 2.45) is 0 Å². The van der Waals surface area contributed by atoms with E-state index in [-0.39, 0.29) is 0 Å². The molecule has 1 N–H and O–H groups in total. The van der Waals surface area contributed by atoms with Gasteiger partial charge in [0, 0.05) is 6.04 Å². The molecular weight excluding hydrogens is 216 g/mol. The van der Waals surface area contributed by atoms with Gasteiger partial charge < -0.3 is 10.0 Å². The van der Waals surface area contributed by atoms with Crippen LogP contribution in [0.2, 0.25) is 0 Å². The molecule has 0 spiro atoms. The van der Waals surface area contributed by atoms with Gasteiger partial charge in [0.2, 0.25) is 0 Å². The van der Waals surface area contributed by atoms with Crippen LogP contribution < -0.4 is 0 Å². The zero-order valence-corrected chi connectivity index (χ0v) is 10.6. The third-order valence-electron chi connectivity index (χ3n) is 4.03. The third-order valence-corrected chi connectivity index (χ3v) is 4.03. The molecule has 0 aromatic rings. The van der Waals surface area contributed by atoms with E-state index in [0.717, 1.165) is 19.5 Å². The molecule has 98 valence electrons. The van der Waals surface area contributed by atoms with Crippen molar-refractivity contribution in [2.75, 3.05) is 32.7 Å². The number of carboxylic acids is 1. The van der Waals surface area contributed by atoms with E-state index in [9.17, 15) is 4.79 Å². The van der Waals surface area contributed by atoms with Crippen LogP contribution in [0.4, 0.5) is 0 Å². The zero-order chi connectivity index (χ0) is 12.1. The first-order chi connectivity index (χ1) is 8.25. The van der Waals surface area contributed by atoms with E-state index < -0.39 is 5.97 Å². The Bertz CT molecular complexity index is 252. The molecule has 17 heavy (non-hydrogen) atoms. The number of hydrogen-bond acceptors (Lipinski definition) is 3. The van der Waals surface area contributed by atoms with Gasteiger partial charge in [-0.3, -0.25) is 9.69 Å². The first-order valence-electron chi connectivity index (χ1n) is 6.94. The Morgan fingerprint density at radius 3 is 2.59 bits per heavy atom. The van der Waals surface area contributed by atoms with Crippen LogP contribution in [0, 0.1) is 0 Å². The minimum absolute atomic E-state index is 0.297. The lowest BCUT2D eigenvalue weighted by molar-refractivity contribution is -0.138. The molecule has 0 bridgehead atoms. The number of hydrogen-bond donors (Lipinski definition) is 1. The molecule has 0 aromatic heterocycles. The maximum Gasteiger partial charge on any atom is 0.304 e. The number of rotatable bonds is 6. The van der Waals surface area contributed by atoms with Crippen molar-refractivity contribution in [1.82, 2.24) is 9.80 Å². The van der Waals surface area contributed by atoms with Crippen LogP contribution in [0.5, 0.6) is 0 Å². The van der Waals surface area contributed by atoms with Crippen molar-refractivity contribution < 1.29 is 9.90 Å². The van der Waals surface area contributed by atoms with E-state index >= 15 is 0 Å². The monoisotopic (exact) mass is 240 g/mol. The molecule has 0 saturated carbocycles. The summed E-state index contributed by atoms with van der Waals surface area (Å²) in [7, 11) is 0. The number of likely N-dealkylation sites (tertiary alicyclic amines) is 2. The van der Waals surface area contributed by atoms with Crippen molar-refractivity contribution in [1.29, 1.82) is 0 Å². The van der Waals surface area contributed by atoms with Gasteiger partial charge in [0.25, 0.3) is 0 Å². The van der Waals surface area contributed by atoms with Gasteiger partial charge in [-0.15, -0.1) is 0 Å². The molecule has 1 atom stereocenters. The number of aliphatic carboxylic acids is 1. The van der Waals surface area contributed by atoms with Gasteiger partial charge in [0.05, 0.1) is 6.42 Å². The van der Waals surface area contributed by atoms with E-state index in [1.165, 1.54) is 45.3 Å². The predicted octanol–water partition coefficient (Wildman–Crippen LogP) is 1.41. The lowest BCUT2D eigenvalue weighted by atomic mass is 10.1. The Labute approximate surface area is 104 Å². The SMILES string of the molecule is O=C(O)CC1CCCN1CCCN1CCCC1. The first-order valence-corrected chi connectivity index (χ1v) is 6.94. The van der Waals surface area contributed by atoms with Crippen LogP contribution in [0.3, 0.4) is 0 Å². The summed E-state index contributed by atoms with van der Waals surface area (Å²) in [5.74, 6) is -0.651. The molecule has 0 amide bonds. The first kappa shape index (κ1) is 12.8. The fraction of sp³-hybridized carbons (Fsp3) is 0.923.